The summed E-state index contributed by atoms with van der Waals surface area (Å²) in [7, 11) is 0. The molecular formula is C21H19F3N2O. The number of rotatable bonds is 3. The topological polar surface area (TPSA) is 36.1 Å². The number of nitrogens with zero attached hydrogens (tertiary/aromatic N) is 1. The molecule has 4 rings (SSSR count). The Morgan fingerprint density at radius 1 is 1.15 bits per heavy atom. The molecule has 2 heterocycles. The van der Waals surface area contributed by atoms with Crippen molar-refractivity contribution in [2.24, 2.45) is 5.92 Å². The number of aryl methyl sites for hydroxylation is 1. The molecule has 0 saturated carbocycles. The molecule has 1 aliphatic heterocycles. The zero-order valence-electron chi connectivity index (χ0n) is 14.8. The second-order valence-electron chi connectivity index (χ2n) is 7.20. The molecule has 1 aromatic heterocycles. The van der Waals surface area contributed by atoms with Gasteiger partial charge in [0.15, 0.2) is 0 Å². The van der Waals surface area contributed by atoms with Crippen molar-refractivity contribution in [2.75, 3.05) is 13.1 Å². The van der Waals surface area contributed by atoms with Crippen LogP contribution in [0, 0.1) is 12.8 Å². The minimum absolute atomic E-state index is 0.0331. The molecule has 0 unspecified atom stereocenters. The first-order valence-electron chi connectivity index (χ1n) is 8.85. The molecule has 1 amide bonds. The van der Waals surface area contributed by atoms with Crippen LogP contribution in [0.4, 0.5) is 13.2 Å². The van der Waals surface area contributed by atoms with Gasteiger partial charge in [0, 0.05) is 24.0 Å². The van der Waals surface area contributed by atoms with Crippen LogP contribution in [0.2, 0.25) is 0 Å². The molecule has 0 atom stereocenters. The van der Waals surface area contributed by atoms with Crippen LogP contribution in [0.1, 0.15) is 27.2 Å². The summed E-state index contributed by atoms with van der Waals surface area (Å²) in [4.78, 5) is 17.6. The monoisotopic (exact) mass is 372 g/mol. The van der Waals surface area contributed by atoms with E-state index in [0.29, 0.717) is 25.2 Å². The Labute approximate surface area is 154 Å². The van der Waals surface area contributed by atoms with Gasteiger partial charge >= 0.3 is 6.18 Å². The molecule has 1 aliphatic rings. The maximum Gasteiger partial charge on any atom is 0.416 e. The summed E-state index contributed by atoms with van der Waals surface area (Å²) in [6, 6.07) is 13.1. The molecule has 1 fully saturated rings. The fourth-order valence-corrected chi connectivity index (χ4v) is 3.62. The zero-order chi connectivity index (χ0) is 19.2. The van der Waals surface area contributed by atoms with Gasteiger partial charge in [0.25, 0.3) is 5.91 Å². The maximum atomic E-state index is 12.6. The number of carbonyl (C=O) groups excluding carboxylic acids is 1. The Kier molecular flexibility index (Phi) is 4.21. The van der Waals surface area contributed by atoms with Crippen LogP contribution in [0.15, 0.2) is 48.5 Å². The third-order valence-corrected chi connectivity index (χ3v) is 5.14. The first-order valence-corrected chi connectivity index (χ1v) is 8.85. The third-order valence-electron chi connectivity index (χ3n) is 5.14. The van der Waals surface area contributed by atoms with Gasteiger partial charge in [-0.25, -0.2) is 0 Å². The van der Waals surface area contributed by atoms with Crippen molar-refractivity contribution in [1.82, 2.24) is 9.88 Å². The number of nitrogens with one attached hydrogen (secondary N) is 1. The van der Waals surface area contributed by atoms with Gasteiger partial charge in [-0.05, 0) is 48.6 Å². The van der Waals surface area contributed by atoms with E-state index in [-0.39, 0.29) is 11.8 Å². The first-order chi connectivity index (χ1) is 12.8. The van der Waals surface area contributed by atoms with Gasteiger partial charge in [-0.1, -0.05) is 30.3 Å². The smallest absolute Gasteiger partial charge is 0.350 e. The van der Waals surface area contributed by atoms with E-state index in [4.69, 9.17) is 0 Å². The van der Waals surface area contributed by atoms with E-state index in [2.05, 4.69) is 4.98 Å². The number of hydrogen-bond donors (Lipinski definition) is 1. The van der Waals surface area contributed by atoms with E-state index in [1.54, 1.807) is 4.90 Å². The van der Waals surface area contributed by atoms with Gasteiger partial charge in [0.05, 0.1) is 5.56 Å². The Balaban J connectivity index is 1.37. The largest absolute Gasteiger partial charge is 0.416 e. The number of alkyl halides is 3. The predicted octanol–water partition coefficient (Wildman–Crippen LogP) is 4.81. The molecular weight excluding hydrogens is 353 g/mol. The highest BCUT2D eigenvalue weighted by Gasteiger charge is 2.33. The normalized spacial score (nSPS) is 15.2. The number of aromatic nitrogens is 1. The van der Waals surface area contributed by atoms with Crippen molar-refractivity contribution in [2.45, 2.75) is 19.5 Å². The first kappa shape index (κ1) is 17.6. The van der Waals surface area contributed by atoms with E-state index in [1.807, 2.05) is 31.2 Å². The summed E-state index contributed by atoms with van der Waals surface area (Å²) < 4.78 is 37.8. The van der Waals surface area contributed by atoms with Crippen LogP contribution >= 0.6 is 0 Å². The lowest BCUT2D eigenvalue weighted by atomic mass is 9.91. The van der Waals surface area contributed by atoms with E-state index < -0.39 is 11.7 Å². The average Bonchev–Trinajstić information content (AvgIpc) is 3.02. The SMILES string of the molecule is Cc1cccc2cc(C(=O)N3CC(Cc4ccc(C(F)(F)F)cc4)C3)[nH]c12. The van der Waals surface area contributed by atoms with E-state index in [1.165, 1.54) is 12.1 Å². The van der Waals surface area contributed by atoms with Crippen molar-refractivity contribution in [3.8, 4) is 0 Å². The van der Waals surface area contributed by atoms with Gasteiger partial charge in [-0.15, -0.1) is 0 Å². The second kappa shape index (κ2) is 6.44. The summed E-state index contributed by atoms with van der Waals surface area (Å²) in [6.07, 6.45) is -3.64. The number of H-pyrrole nitrogens is 1. The van der Waals surface area contributed by atoms with Crippen molar-refractivity contribution >= 4 is 16.8 Å². The minimum atomic E-state index is -4.31. The summed E-state index contributed by atoms with van der Waals surface area (Å²) in [5.41, 5.74) is 2.87. The molecule has 140 valence electrons. The lowest BCUT2D eigenvalue weighted by Crippen LogP contribution is -2.50. The molecule has 2 aromatic carbocycles. The molecule has 0 spiro atoms. The van der Waals surface area contributed by atoms with E-state index >= 15 is 0 Å². The minimum Gasteiger partial charge on any atom is -0.350 e. The average molecular weight is 372 g/mol. The molecule has 0 bridgehead atoms. The van der Waals surface area contributed by atoms with E-state index in [0.717, 1.165) is 34.2 Å². The Hall–Kier alpha value is -2.76. The summed E-state index contributed by atoms with van der Waals surface area (Å²) >= 11 is 0. The van der Waals surface area contributed by atoms with Crippen LogP contribution < -0.4 is 0 Å². The number of fused-ring (bicyclic) bond motifs is 1. The number of likely N-dealkylation sites (tertiary alicyclic amines) is 1. The second-order valence-corrected chi connectivity index (χ2v) is 7.20. The van der Waals surface area contributed by atoms with Gasteiger partial charge in [0.1, 0.15) is 5.69 Å². The molecule has 6 heteroatoms. The molecule has 1 N–H and O–H groups in total. The number of benzene rings is 2. The van der Waals surface area contributed by atoms with Crippen molar-refractivity contribution in [3.63, 3.8) is 0 Å². The molecule has 0 radical (unpaired) electrons. The fraction of sp³-hybridized carbons (Fsp3) is 0.286. The number of halogens is 3. The van der Waals surface area contributed by atoms with Crippen LogP contribution in [0.25, 0.3) is 10.9 Å². The quantitative estimate of drug-likeness (QED) is 0.704. The number of aromatic amines is 1. The van der Waals surface area contributed by atoms with Gasteiger partial charge < -0.3 is 9.88 Å². The lowest BCUT2D eigenvalue weighted by molar-refractivity contribution is -0.137. The third kappa shape index (κ3) is 3.44. The number of amides is 1. The Morgan fingerprint density at radius 3 is 2.48 bits per heavy atom. The lowest BCUT2D eigenvalue weighted by Gasteiger charge is -2.39. The zero-order valence-corrected chi connectivity index (χ0v) is 14.8. The molecule has 0 aliphatic carbocycles. The molecule has 27 heavy (non-hydrogen) atoms. The molecule has 1 saturated heterocycles. The maximum absolute atomic E-state index is 12.6. The van der Waals surface area contributed by atoms with Crippen molar-refractivity contribution < 1.29 is 18.0 Å². The van der Waals surface area contributed by atoms with E-state index in [9.17, 15) is 18.0 Å². The standard InChI is InChI=1S/C21H19F3N2O/c1-13-3-2-4-16-10-18(25-19(13)16)20(27)26-11-15(12-26)9-14-5-7-17(8-6-14)21(22,23)24/h2-8,10,15,25H,9,11-12H2,1H3. The summed E-state index contributed by atoms with van der Waals surface area (Å²) in [6.45, 7) is 3.24. The number of hydrogen-bond acceptors (Lipinski definition) is 1. The molecule has 3 nitrogen and oxygen atoms in total. The molecule has 3 aromatic rings. The van der Waals surface area contributed by atoms with Crippen LogP contribution in [0.5, 0.6) is 0 Å². The van der Waals surface area contributed by atoms with Crippen molar-refractivity contribution in [1.29, 1.82) is 0 Å². The van der Waals surface area contributed by atoms with Crippen LogP contribution in [0.3, 0.4) is 0 Å². The Bertz CT molecular complexity index is 983. The Morgan fingerprint density at radius 2 is 1.85 bits per heavy atom. The van der Waals surface area contributed by atoms with Crippen molar-refractivity contribution in [3.05, 3.63) is 70.9 Å². The van der Waals surface area contributed by atoms with Gasteiger partial charge in [0.2, 0.25) is 0 Å². The highest BCUT2D eigenvalue weighted by molar-refractivity contribution is 5.99. The van der Waals surface area contributed by atoms with Gasteiger partial charge in [-0.2, -0.15) is 13.2 Å². The highest BCUT2D eigenvalue weighted by atomic mass is 19.4. The number of para-hydroxylation sites is 1. The number of carbonyl (C=O) groups is 1. The predicted molar refractivity (Wildman–Crippen MR) is 97.6 cm³/mol. The van der Waals surface area contributed by atoms with Gasteiger partial charge in [-0.3, -0.25) is 4.79 Å². The summed E-state index contributed by atoms with van der Waals surface area (Å²) in [5.74, 6) is 0.242. The fourth-order valence-electron chi connectivity index (χ4n) is 3.62. The highest BCUT2D eigenvalue weighted by Crippen LogP contribution is 2.30. The van der Waals surface area contributed by atoms with Crippen LogP contribution in [-0.4, -0.2) is 28.9 Å². The van der Waals surface area contributed by atoms with Crippen LogP contribution in [-0.2, 0) is 12.6 Å². The summed E-state index contributed by atoms with van der Waals surface area (Å²) in [5, 5.41) is 1.01.